The highest BCUT2D eigenvalue weighted by atomic mass is 32.1. The van der Waals surface area contributed by atoms with Crippen LogP contribution in [-0.4, -0.2) is 16.8 Å². The molecule has 5 heteroatoms. The van der Waals surface area contributed by atoms with Gasteiger partial charge in [0.25, 0.3) is 5.91 Å². The molecule has 0 radical (unpaired) electrons. The highest BCUT2D eigenvalue weighted by Crippen LogP contribution is 2.31. The predicted molar refractivity (Wildman–Crippen MR) is 78.0 cm³/mol. The first kappa shape index (κ1) is 13.1. The van der Waals surface area contributed by atoms with E-state index in [1.807, 2.05) is 17.5 Å². The van der Waals surface area contributed by atoms with Crippen LogP contribution in [0, 0.1) is 5.82 Å². The van der Waals surface area contributed by atoms with E-state index in [2.05, 4.69) is 0 Å². The van der Waals surface area contributed by atoms with Crippen molar-refractivity contribution in [1.82, 2.24) is 4.90 Å². The number of nitrogens with zero attached hydrogens (tertiary/aromatic N) is 1. The Kier molecular flexibility index (Phi) is 3.44. The minimum Gasteiger partial charge on any atom is -0.396 e. The normalized spacial score (nSPS) is 14.2. The smallest absolute Gasteiger partial charge is 0.256 e. The Labute approximate surface area is 120 Å². The Morgan fingerprint density at radius 1 is 1.35 bits per heavy atom. The Morgan fingerprint density at radius 2 is 2.15 bits per heavy atom. The second-order valence-electron chi connectivity index (χ2n) is 4.94. The molecule has 1 saturated carbocycles. The molecule has 1 fully saturated rings. The molecule has 0 unspecified atom stereocenters. The largest absolute Gasteiger partial charge is 0.396 e. The number of rotatable bonds is 4. The molecule has 0 spiro atoms. The molecule has 1 aromatic heterocycles. The second-order valence-corrected chi connectivity index (χ2v) is 5.98. The lowest BCUT2D eigenvalue weighted by molar-refractivity contribution is 0.0732. The van der Waals surface area contributed by atoms with Crippen molar-refractivity contribution in [2.75, 3.05) is 5.73 Å². The van der Waals surface area contributed by atoms with Gasteiger partial charge in [0.1, 0.15) is 5.82 Å². The van der Waals surface area contributed by atoms with Crippen molar-refractivity contribution in [3.8, 4) is 0 Å². The molecule has 2 N–H and O–H groups in total. The summed E-state index contributed by atoms with van der Waals surface area (Å²) in [6.45, 7) is 0.567. The van der Waals surface area contributed by atoms with Crippen LogP contribution in [0.15, 0.2) is 35.7 Å². The second kappa shape index (κ2) is 5.25. The number of halogens is 1. The van der Waals surface area contributed by atoms with E-state index in [0.29, 0.717) is 6.54 Å². The van der Waals surface area contributed by atoms with E-state index in [1.165, 1.54) is 12.1 Å². The van der Waals surface area contributed by atoms with Gasteiger partial charge in [-0.1, -0.05) is 12.1 Å². The number of thiophene rings is 1. The molecule has 1 amide bonds. The lowest BCUT2D eigenvalue weighted by Crippen LogP contribution is -2.33. The molecule has 3 rings (SSSR count). The minimum absolute atomic E-state index is 0.0608. The molecule has 3 nitrogen and oxygen atoms in total. The van der Waals surface area contributed by atoms with Crippen LogP contribution in [0.5, 0.6) is 0 Å². The summed E-state index contributed by atoms with van der Waals surface area (Å²) in [7, 11) is 0. The molecule has 1 aliphatic carbocycles. The first-order chi connectivity index (χ1) is 9.66. The monoisotopic (exact) mass is 290 g/mol. The molecular weight excluding hydrogens is 275 g/mol. The van der Waals surface area contributed by atoms with Gasteiger partial charge < -0.3 is 10.6 Å². The molecule has 104 valence electrons. The molecule has 2 aromatic rings. The number of benzene rings is 1. The van der Waals surface area contributed by atoms with Gasteiger partial charge in [-0.15, -0.1) is 11.3 Å². The van der Waals surface area contributed by atoms with Crippen LogP contribution in [-0.2, 0) is 6.54 Å². The van der Waals surface area contributed by atoms with Crippen molar-refractivity contribution >= 4 is 22.9 Å². The average molecular weight is 290 g/mol. The molecule has 0 atom stereocenters. The van der Waals surface area contributed by atoms with Gasteiger partial charge in [-0.3, -0.25) is 4.79 Å². The first-order valence-electron chi connectivity index (χ1n) is 6.54. The molecule has 1 heterocycles. The van der Waals surface area contributed by atoms with Gasteiger partial charge in [0.2, 0.25) is 0 Å². The molecule has 1 aromatic carbocycles. The van der Waals surface area contributed by atoms with E-state index in [1.54, 1.807) is 22.3 Å². The van der Waals surface area contributed by atoms with Gasteiger partial charge in [-0.2, -0.15) is 0 Å². The van der Waals surface area contributed by atoms with Crippen LogP contribution < -0.4 is 5.73 Å². The molecule has 0 aliphatic heterocycles. The number of carbonyl (C=O) groups excluding carboxylic acids is 1. The van der Waals surface area contributed by atoms with E-state index in [-0.39, 0.29) is 23.2 Å². The number of carbonyl (C=O) groups is 1. The third-order valence-electron chi connectivity index (χ3n) is 3.44. The van der Waals surface area contributed by atoms with Crippen LogP contribution in [0.1, 0.15) is 28.1 Å². The summed E-state index contributed by atoms with van der Waals surface area (Å²) in [4.78, 5) is 15.5. The standard InChI is InChI=1S/C15H15FN2OS/c16-13-5-1-4-12(14(13)17)15(19)18(10-6-7-10)9-11-3-2-8-20-11/h1-5,8,10H,6-7,9,17H2. The van der Waals surface area contributed by atoms with Crippen molar-refractivity contribution in [1.29, 1.82) is 0 Å². The third-order valence-corrected chi connectivity index (χ3v) is 4.30. The molecule has 20 heavy (non-hydrogen) atoms. The van der Waals surface area contributed by atoms with Crippen LogP contribution >= 0.6 is 11.3 Å². The number of anilines is 1. The fourth-order valence-electron chi connectivity index (χ4n) is 2.20. The van der Waals surface area contributed by atoms with Crippen LogP contribution in [0.3, 0.4) is 0 Å². The maximum absolute atomic E-state index is 13.5. The average Bonchev–Trinajstić information content (AvgIpc) is 3.15. The molecule has 0 saturated heterocycles. The maximum Gasteiger partial charge on any atom is 0.256 e. The van der Waals surface area contributed by atoms with Gasteiger partial charge >= 0.3 is 0 Å². The molecule has 0 bridgehead atoms. The zero-order valence-electron chi connectivity index (χ0n) is 10.9. The van der Waals surface area contributed by atoms with Gasteiger partial charge in [0, 0.05) is 10.9 Å². The van der Waals surface area contributed by atoms with E-state index < -0.39 is 5.82 Å². The van der Waals surface area contributed by atoms with Crippen molar-refractivity contribution in [3.05, 3.63) is 52.0 Å². The SMILES string of the molecule is Nc1c(F)cccc1C(=O)N(Cc1cccs1)C1CC1. The van der Waals surface area contributed by atoms with Gasteiger partial charge in [-0.25, -0.2) is 4.39 Å². The zero-order valence-corrected chi connectivity index (χ0v) is 11.7. The van der Waals surface area contributed by atoms with E-state index in [4.69, 9.17) is 5.73 Å². The highest BCUT2D eigenvalue weighted by molar-refractivity contribution is 7.09. The van der Waals surface area contributed by atoms with Gasteiger partial charge in [0.05, 0.1) is 17.8 Å². The maximum atomic E-state index is 13.5. The lowest BCUT2D eigenvalue weighted by atomic mass is 10.1. The summed E-state index contributed by atoms with van der Waals surface area (Å²) < 4.78 is 13.5. The zero-order chi connectivity index (χ0) is 14.1. The summed E-state index contributed by atoms with van der Waals surface area (Å²) in [5.74, 6) is -0.722. The van der Waals surface area contributed by atoms with Crippen molar-refractivity contribution in [2.24, 2.45) is 0 Å². The molecular formula is C15H15FN2OS. The summed E-state index contributed by atoms with van der Waals surface area (Å²) >= 11 is 1.62. The number of para-hydroxylation sites is 1. The Hall–Kier alpha value is -1.88. The minimum atomic E-state index is -0.539. The fraction of sp³-hybridized carbons (Fsp3) is 0.267. The number of nitrogens with two attached hydrogens (primary N) is 1. The van der Waals surface area contributed by atoms with E-state index in [0.717, 1.165) is 17.7 Å². The quantitative estimate of drug-likeness (QED) is 0.878. The first-order valence-corrected chi connectivity index (χ1v) is 7.42. The summed E-state index contributed by atoms with van der Waals surface area (Å²) in [5.41, 5.74) is 5.89. The van der Waals surface area contributed by atoms with E-state index in [9.17, 15) is 9.18 Å². The molecule has 1 aliphatic rings. The van der Waals surface area contributed by atoms with E-state index >= 15 is 0 Å². The topological polar surface area (TPSA) is 46.3 Å². The number of amides is 1. The van der Waals surface area contributed by atoms with Crippen LogP contribution in [0.2, 0.25) is 0 Å². The van der Waals surface area contributed by atoms with Crippen LogP contribution in [0.25, 0.3) is 0 Å². The number of nitrogen functional groups attached to an aromatic ring is 1. The summed E-state index contributed by atoms with van der Waals surface area (Å²) in [6, 6.07) is 8.60. The van der Waals surface area contributed by atoms with Crippen molar-refractivity contribution in [2.45, 2.75) is 25.4 Å². The fourth-order valence-corrected chi connectivity index (χ4v) is 2.90. The lowest BCUT2D eigenvalue weighted by Gasteiger charge is -2.22. The summed E-state index contributed by atoms with van der Waals surface area (Å²) in [6.07, 6.45) is 2.01. The Balaban J connectivity index is 1.87. The third kappa shape index (κ3) is 2.54. The Bertz CT molecular complexity index is 623. The van der Waals surface area contributed by atoms with Gasteiger partial charge in [-0.05, 0) is 36.4 Å². The van der Waals surface area contributed by atoms with Gasteiger partial charge in [0.15, 0.2) is 0 Å². The number of hydrogen-bond acceptors (Lipinski definition) is 3. The van der Waals surface area contributed by atoms with Crippen molar-refractivity contribution in [3.63, 3.8) is 0 Å². The Morgan fingerprint density at radius 3 is 2.80 bits per heavy atom. The number of hydrogen-bond donors (Lipinski definition) is 1. The van der Waals surface area contributed by atoms with Crippen LogP contribution in [0.4, 0.5) is 10.1 Å². The summed E-state index contributed by atoms with van der Waals surface area (Å²) in [5, 5.41) is 1.99. The highest BCUT2D eigenvalue weighted by Gasteiger charge is 2.34. The van der Waals surface area contributed by atoms with Crippen molar-refractivity contribution < 1.29 is 9.18 Å². The predicted octanol–water partition coefficient (Wildman–Crippen LogP) is 3.27.